The number of Topliss-reactive ketones (excluding diaryl/α,β-unsaturated/α-hetero) is 1. The van der Waals surface area contributed by atoms with Crippen molar-refractivity contribution in [1.29, 1.82) is 0 Å². The highest BCUT2D eigenvalue weighted by molar-refractivity contribution is 5.84. The molecule has 0 spiro atoms. The lowest BCUT2D eigenvalue weighted by Crippen LogP contribution is -1.99. The standard InChI is InChI=1S/C12H14O2/c1-2-12(14)11-7-10(11)8-4-3-5-9(13)6-8/h3-6,10-11,13H,2,7H2,1H3. The van der Waals surface area contributed by atoms with Crippen molar-refractivity contribution in [2.45, 2.75) is 25.7 Å². The van der Waals surface area contributed by atoms with Gasteiger partial charge in [0.05, 0.1) is 0 Å². The van der Waals surface area contributed by atoms with E-state index in [4.69, 9.17) is 0 Å². The molecule has 1 aliphatic rings. The number of phenolic OH excluding ortho intramolecular Hbond substituents is 1. The van der Waals surface area contributed by atoms with Crippen LogP contribution in [0.5, 0.6) is 5.75 Å². The molecule has 0 amide bonds. The van der Waals surface area contributed by atoms with Gasteiger partial charge in [0.1, 0.15) is 11.5 Å². The van der Waals surface area contributed by atoms with Crippen LogP contribution in [0.2, 0.25) is 0 Å². The third-order valence-electron chi connectivity index (χ3n) is 2.85. The molecule has 0 radical (unpaired) electrons. The topological polar surface area (TPSA) is 37.3 Å². The van der Waals surface area contributed by atoms with Crippen LogP contribution in [-0.2, 0) is 4.79 Å². The van der Waals surface area contributed by atoms with Gasteiger partial charge in [-0.2, -0.15) is 0 Å². The number of rotatable bonds is 3. The summed E-state index contributed by atoms with van der Waals surface area (Å²) in [5.74, 6) is 1.20. The first-order valence-corrected chi connectivity index (χ1v) is 5.04. The maximum Gasteiger partial charge on any atom is 0.136 e. The van der Waals surface area contributed by atoms with Crippen LogP contribution < -0.4 is 0 Å². The Morgan fingerprint density at radius 2 is 2.36 bits per heavy atom. The normalized spacial score (nSPS) is 24.6. The highest BCUT2D eigenvalue weighted by Gasteiger charge is 2.42. The third kappa shape index (κ3) is 1.65. The number of ketones is 1. The number of hydrogen-bond donors (Lipinski definition) is 1. The Labute approximate surface area is 83.6 Å². The molecule has 2 atom stereocenters. The predicted molar refractivity (Wildman–Crippen MR) is 54.3 cm³/mol. The van der Waals surface area contributed by atoms with Crippen LogP contribution >= 0.6 is 0 Å². The second-order valence-electron chi connectivity index (χ2n) is 3.86. The van der Waals surface area contributed by atoms with Gasteiger partial charge in [-0.15, -0.1) is 0 Å². The summed E-state index contributed by atoms with van der Waals surface area (Å²) in [4.78, 5) is 11.4. The molecule has 2 nitrogen and oxygen atoms in total. The SMILES string of the molecule is CCC(=O)C1CC1c1cccc(O)c1. The van der Waals surface area contributed by atoms with E-state index in [-0.39, 0.29) is 11.7 Å². The van der Waals surface area contributed by atoms with Crippen molar-refractivity contribution in [2.75, 3.05) is 0 Å². The molecule has 0 bridgehead atoms. The van der Waals surface area contributed by atoms with Gasteiger partial charge in [0.25, 0.3) is 0 Å². The molecule has 0 saturated heterocycles. The molecule has 2 unspecified atom stereocenters. The van der Waals surface area contributed by atoms with E-state index in [2.05, 4.69) is 0 Å². The Morgan fingerprint density at radius 1 is 1.57 bits per heavy atom. The second-order valence-corrected chi connectivity index (χ2v) is 3.86. The van der Waals surface area contributed by atoms with Crippen LogP contribution in [0.25, 0.3) is 0 Å². The minimum Gasteiger partial charge on any atom is -0.508 e. The zero-order chi connectivity index (χ0) is 10.1. The first kappa shape index (κ1) is 9.25. The van der Waals surface area contributed by atoms with Gasteiger partial charge in [-0.05, 0) is 30.0 Å². The molecule has 1 N–H and O–H groups in total. The minimum absolute atomic E-state index is 0.210. The van der Waals surface area contributed by atoms with E-state index in [0.29, 0.717) is 18.1 Å². The fourth-order valence-electron chi connectivity index (χ4n) is 1.94. The lowest BCUT2D eigenvalue weighted by Gasteiger charge is -1.99. The van der Waals surface area contributed by atoms with Gasteiger partial charge in [0, 0.05) is 12.3 Å². The van der Waals surface area contributed by atoms with Crippen LogP contribution in [0, 0.1) is 5.92 Å². The first-order chi connectivity index (χ1) is 6.72. The van der Waals surface area contributed by atoms with Crippen molar-refractivity contribution in [1.82, 2.24) is 0 Å². The van der Waals surface area contributed by atoms with E-state index in [1.165, 1.54) is 0 Å². The molecule has 0 aliphatic heterocycles. The van der Waals surface area contributed by atoms with E-state index in [0.717, 1.165) is 12.0 Å². The lowest BCUT2D eigenvalue weighted by atomic mass is 10.1. The smallest absolute Gasteiger partial charge is 0.136 e. The molecule has 14 heavy (non-hydrogen) atoms. The molecular weight excluding hydrogens is 176 g/mol. The molecule has 74 valence electrons. The van der Waals surface area contributed by atoms with Gasteiger partial charge >= 0.3 is 0 Å². The van der Waals surface area contributed by atoms with Gasteiger partial charge in [0.15, 0.2) is 0 Å². The molecule has 2 rings (SSSR count). The monoisotopic (exact) mass is 190 g/mol. The fraction of sp³-hybridized carbons (Fsp3) is 0.417. The number of hydrogen-bond acceptors (Lipinski definition) is 2. The number of carbonyl (C=O) groups is 1. The molecule has 2 heteroatoms. The fourth-order valence-corrected chi connectivity index (χ4v) is 1.94. The third-order valence-corrected chi connectivity index (χ3v) is 2.85. The molecule has 0 heterocycles. The van der Waals surface area contributed by atoms with Gasteiger partial charge in [-0.25, -0.2) is 0 Å². The van der Waals surface area contributed by atoms with E-state index in [1.807, 2.05) is 19.1 Å². The van der Waals surface area contributed by atoms with Gasteiger partial charge in [-0.1, -0.05) is 19.1 Å². The summed E-state index contributed by atoms with van der Waals surface area (Å²) in [6, 6.07) is 7.22. The van der Waals surface area contributed by atoms with Crippen molar-refractivity contribution in [3.8, 4) is 5.75 Å². The van der Waals surface area contributed by atoms with E-state index < -0.39 is 0 Å². The number of benzene rings is 1. The quantitative estimate of drug-likeness (QED) is 0.795. The largest absolute Gasteiger partial charge is 0.508 e. The predicted octanol–water partition coefficient (Wildman–Crippen LogP) is 2.47. The minimum atomic E-state index is 0.210. The number of carbonyl (C=O) groups excluding carboxylic acids is 1. The van der Waals surface area contributed by atoms with Gasteiger partial charge in [0.2, 0.25) is 0 Å². The Kier molecular flexibility index (Phi) is 2.28. The maximum absolute atomic E-state index is 11.4. The van der Waals surface area contributed by atoms with E-state index >= 15 is 0 Å². The molecule has 1 fully saturated rings. The van der Waals surface area contributed by atoms with E-state index in [9.17, 15) is 9.90 Å². The molecular formula is C12H14O2. The Balaban J connectivity index is 2.09. The van der Waals surface area contributed by atoms with Crippen molar-refractivity contribution in [3.05, 3.63) is 29.8 Å². The average molecular weight is 190 g/mol. The summed E-state index contributed by atoms with van der Waals surface area (Å²) < 4.78 is 0. The number of aromatic hydroxyl groups is 1. The van der Waals surface area contributed by atoms with Crippen molar-refractivity contribution < 1.29 is 9.90 Å². The molecule has 0 aromatic heterocycles. The number of phenols is 1. The van der Waals surface area contributed by atoms with Crippen LogP contribution in [0.1, 0.15) is 31.2 Å². The highest BCUT2D eigenvalue weighted by Crippen LogP contribution is 2.48. The summed E-state index contributed by atoms with van der Waals surface area (Å²) >= 11 is 0. The van der Waals surface area contributed by atoms with Crippen LogP contribution in [0.15, 0.2) is 24.3 Å². The van der Waals surface area contributed by atoms with Crippen LogP contribution in [-0.4, -0.2) is 10.9 Å². The molecule has 1 aromatic rings. The van der Waals surface area contributed by atoms with Gasteiger partial charge < -0.3 is 5.11 Å². The van der Waals surface area contributed by atoms with Crippen molar-refractivity contribution >= 4 is 5.78 Å². The Bertz CT molecular complexity index is 357. The summed E-state index contributed by atoms with van der Waals surface area (Å²) in [5.41, 5.74) is 1.09. The Morgan fingerprint density at radius 3 is 3.00 bits per heavy atom. The zero-order valence-corrected chi connectivity index (χ0v) is 8.23. The molecule has 1 aliphatic carbocycles. The lowest BCUT2D eigenvalue weighted by molar-refractivity contribution is -0.120. The van der Waals surface area contributed by atoms with Crippen molar-refractivity contribution in [2.24, 2.45) is 5.92 Å². The Hall–Kier alpha value is -1.31. The molecule has 1 aromatic carbocycles. The van der Waals surface area contributed by atoms with Crippen LogP contribution in [0.4, 0.5) is 0 Å². The summed E-state index contributed by atoms with van der Waals surface area (Å²) in [7, 11) is 0. The molecule has 1 saturated carbocycles. The van der Waals surface area contributed by atoms with Crippen LogP contribution in [0.3, 0.4) is 0 Å². The maximum atomic E-state index is 11.4. The first-order valence-electron chi connectivity index (χ1n) is 5.04. The zero-order valence-electron chi connectivity index (χ0n) is 8.23. The summed E-state index contributed by atoms with van der Waals surface area (Å²) in [5, 5.41) is 9.29. The summed E-state index contributed by atoms with van der Waals surface area (Å²) in [6.45, 7) is 1.90. The van der Waals surface area contributed by atoms with E-state index in [1.54, 1.807) is 12.1 Å². The summed E-state index contributed by atoms with van der Waals surface area (Å²) in [6.07, 6.45) is 1.58. The average Bonchev–Trinajstić information content (AvgIpc) is 2.96. The second kappa shape index (κ2) is 3.45. The highest BCUT2D eigenvalue weighted by atomic mass is 16.3. The van der Waals surface area contributed by atoms with Gasteiger partial charge in [-0.3, -0.25) is 4.79 Å². The van der Waals surface area contributed by atoms with Crippen molar-refractivity contribution in [3.63, 3.8) is 0 Å².